The minimum atomic E-state index is -0.536. The maximum absolute atomic E-state index is 11.3. The number of carbonyl (C=O) groups excluding carboxylic acids is 2. The van der Waals surface area contributed by atoms with Crippen molar-refractivity contribution in [1.29, 1.82) is 0 Å². The van der Waals surface area contributed by atoms with Crippen molar-refractivity contribution in [3.63, 3.8) is 0 Å². The second-order valence-corrected chi connectivity index (χ2v) is 4.76. The number of benzene rings is 1. The van der Waals surface area contributed by atoms with Crippen LogP contribution in [0.3, 0.4) is 0 Å². The predicted molar refractivity (Wildman–Crippen MR) is 74.5 cm³/mol. The molecule has 112 valence electrons. The molecule has 2 rings (SSSR count). The number of amides is 1. The summed E-state index contributed by atoms with van der Waals surface area (Å²) in [6, 6.07) is 4.22. The van der Waals surface area contributed by atoms with E-state index in [-0.39, 0.29) is 23.1 Å². The Balaban J connectivity index is 2.09. The summed E-state index contributed by atoms with van der Waals surface area (Å²) in [5, 5.41) is 14.1. The van der Waals surface area contributed by atoms with Crippen LogP contribution in [0.2, 0.25) is 0 Å². The van der Waals surface area contributed by atoms with Gasteiger partial charge in [-0.25, -0.2) is 4.79 Å². The van der Waals surface area contributed by atoms with Gasteiger partial charge in [-0.05, 0) is 19.1 Å². The number of Topliss-reactive ketones (excluding diaryl/α,β-unsaturated/α-hetero) is 1. The van der Waals surface area contributed by atoms with Gasteiger partial charge in [-0.3, -0.25) is 14.9 Å². The molecule has 0 radical (unpaired) electrons. The largest absolute Gasteiger partial charge is 0.453 e. The molecule has 8 heteroatoms. The third-order valence-electron chi connectivity index (χ3n) is 3.27. The number of likely N-dealkylation sites (tertiary alicyclic amines) is 1. The number of hydrogen-bond donors (Lipinski definition) is 1. The molecule has 1 aliphatic rings. The highest BCUT2D eigenvalue weighted by molar-refractivity contribution is 5.95. The second-order valence-electron chi connectivity index (χ2n) is 4.76. The highest BCUT2D eigenvalue weighted by Crippen LogP contribution is 2.28. The Morgan fingerprint density at radius 2 is 2.10 bits per heavy atom. The third kappa shape index (κ3) is 3.10. The number of nitro benzene ring substituents is 1. The Bertz CT molecular complexity index is 595. The van der Waals surface area contributed by atoms with Crippen LogP contribution in [0.5, 0.6) is 0 Å². The molecule has 1 N–H and O–H groups in total. The summed E-state index contributed by atoms with van der Waals surface area (Å²) in [6.07, 6.45) is -0.422. The number of nitrogens with one attached hydrogen (secondary N) is 1. The van der Waals surface area contributed by atoms with Gasteiger partial charge in [-0.15, -0.1) is 0 Å². The number of nitro groups is 1. The first-order chi connectivity index (χ1) is 9.92. The lowest BCUT2D eigenvalue weighted by molar-refractivity contribution is -0.384. The van der Waals surface area contributed by atoms with Crippen LogP contribution < -0.4 is 5.32 Å². The van der Waals surface area contributed by atoms with Crippen molar-refractivity contribution >= 4 is 23.3 Å². The van der Waals surface area contributed by atoms with E-state index in [4.69, 9.17) is 0 Å². The van der Waals surface area contributed by atoms with Crippen LogP contribution in [-0.2, 0) is 4.74 Å². The number of hydrogen-bond acceptors (Lipinski definition) is 6. The summed E-state index contributed by atoms with van der Waals surface area (Å²) in [4.78, 5) is 34.5. The van der Waals surface area contributed by atoms with Crippen molar-refractivity contribution in [3.05, 3.63) is 33.9 Å². The second kappa shape index (κ2) is 5.78. The summed E-state index contributed by atoms with van der Waals surface area (Å²) in [5.41, 5.74) is 0.468. The maximum atomic E-state index is 11.3. The van der Waals surface area contributed by atoms with Crippen molar-refractivity contribution in [2.45, 2.75) is 13.0 Å². The zero-order valence-electron chi connectivity index (χ0n) is 11.7. The Morgan fingerprint density at radius 1 is 1.43 bits per heavy atom. The highest BCUT2D eigenvalue weighted by atomic mass is 16.6. The number of ether oxygens (including phenoxy) is 1. The molecule has 1 aliphatic heterocycles. The van der Waals surface area contributed by atoms with Crippen LogP contribution in [0, 0.1) is 10.1 Å². The van der Waals surface area contributed by atoms with Crippen molar-refractivity contribution in [2.75, 3.05) is 25.5 Å². The molecular formula is C13H15N3O5. The van der Waals surface area contributed by atoms with Crippen LogP contribution in [0.15, 0.2) is 18.2 Å². The van der Waals surface area contributed by atoms with Gasteiger partial charge in [-0.2, -0.15) is 0 Å². The molecule has 0 spiro atoms. The van der Waals surface area contributed by atoms with E-state index in [0.29, 0.717) is 18.8 Å². The van der Waals surface area contributed by atoms with Gasteiger partial charge in [0, 0.05) is 24.7 Å². The van der Waals surface area contributed by atoms with E-state index in [1.165, 1.54) is 37.1 Å². The van der Waals surface area contributed by atoms with Crippen LogP contribution >= 0.6 is 0 Å². The lowest BCUT2D eigenvalue weighted by atomic mass is 10.1. The lowest BCUT2D eigenvalue weighted by Crippen LogP contribution is -2.57. The Hall–Kier alpha value is -2.64. The van der Waals surface area contributed by atoms with Crippen molar-refractivity contribution in [1.82, 2.24) is 4.90 Å². The van der Waals surface area contributed by atoms with Crippen LogP contribution in [0.1, 0.15) is 17.3 Å². The van der Waals surface area contributed by atoms with Gasteiger partial charge in [0.15, 0.2) is 5.78 Å². The van der Waals surface area contributed by atoms with E-state index in [9.17, 15) is 19.7 Å². The zero-order chi connectivity index (χ0) is 15.6. The molecule has 1 fully saturated rings. The first-order valence-corrected chi connectivity index (χ1v) is 6.31. The molecule has 1 saturated heterocycles. The lowest BCUT2D eigenvalue weighted by Gasteiger charge is -2.38. The van der Waals surface area contributed by atoms with E-state index >= 15 is 0 Å². The van der Waals surface area contributed by atoms with E-state index in [1.807, 2.05) is 0 Å². The number of methoxy groups -OCH3 is 1. The molecule has 0 aliphatic carbocycles. The van der Waals surface area contributed by atoms with E-state index < -0.39 is 11.0 Å². The molecule has 1 aromatic rings. The number of nitrogens with zero attached hydrogens (tertiary/aromatic N) is 2. The minimum Gasteiger partial charge on any atom is -0.453 e. The maximum Gasteiger partial charge on any atom is 0.409 e. The molecule has 0 atom stereocenters. The first kappa shape index (κ1) is 14.8. The van der Waals surface area contributed by atoms with Gasteiger partial charge in [-0.1, -0.05) is 0 Å². The fourth-order valence-electron chi connectivity index (χ4n) is 2.09. The quantitative estimate of drug-likeness (QED) is 0.514. The number of ketones is 1. The molecule has 8 nitrogen and oxygen atoms in total. The van der Waals surface area contributed by atoms with Gasteiger partial charge < -0.3 is 15.0 Å². The zero-order valence-corrected chi connectivity index (χ0v) is 11.7. The topological polar surface area (TPSA) is 102 Å². The molecule has 1 amide bonds. The Morgan fingerprint density at radius 3 is 2.62 bits per heavy atom. The number of rotatable bonds is 4. The van der Waals surface area contributed by atoms with Crippen LogP contribution in [0.4, 0.5) is 16.2 Å². The monoisotopic (exact) mass is 293 g/mol. The molecule has 1 aromatic carbocycles. The summed E-state index contributed by atoms with van der Waals surface area (Å²) in [6.45, 7) is 2.18. The van der Waals surface area contributed by atoms with Crippen molar-refractivity contribution in [3.8, 4) is 0 Å². The summed E-state index contributed by atoms with van der Waals surface area (Å²) < 4.78 is 4.57. The number of anilines is 1. The summed E-state index contributed by atoms with van der Waals surface area (Å²) in [5.74, 6) is -0.231. The highest BCUT2D eigenvalue weighted by Gasteiger charge is 2.32. The van der Waals surface area contributed by atoms with Gasteiger partial charge in [0.1, 0.15) is 5.69 Å². The molecule has 0 saturated carbocycles. The smallest absolute Gasteiger partial charge is 0.409 e. The molecule has 0 unspecified atom stereocenters. The fraction of sp³-hybridized carbons (Fsp3) is 0.385. The fourth-order valence-corrected chi connectivity index (χ4v) is 2.09. The van der Waals surface area contributed by atoms with E-state index in [0.717, 1.165) is 0 Å². The summed E-state index contributed by atoms with van der Waals surface area (Å²) >= 11 is 0. The average molecular weight is 293 g/mol. The Labute approximate surface area is 120 Å². The summed E-state index contributed by atoms with van der Waals surface area (Å²) in [7, 11) is 1.30. The van der Waals surface area contributed by atoms with Crippen molar-refractivity contribution < 1.29 is 19.2 Å². The van der Waals surface area contributed by atoms with Crippen LogP contribution in [0.25, 0.3) is 0 Å². The molecular weight excluding hydrogens is 278 g/mol. The van der Waals surface area contributed by atoms with Gasteiger partial charge in [0.2, 0.25) is 0 Å². The van der Waals surface area contributed by atoms with Crippen LogP contribution in [-0.4, -0.2) is 47.9 Å². The third-order valence-corrected chi connectivity index (χ3v) is 3.27. The van der Waals surface area contributed by atoms with Gasteiger partial charge in [0.05, 0.1) is 18.1 Å². The SMILES string of the molecule is COC(=O)N1CC(Nc2ccc(C(C)=O)cc2[N+](=O)[O-])C1. The molecule has 1 heterocycles. The molecule has 0 aromatic heterocycles. The van der Waals surface area contributed by atoms with Gasteiger partial charge in [0.25, 0.3) is 5.69 Å². The first-order valence-electron chi connectivity index (χ1n) is 6.31. The molecule has 21 heavy (non-hydrogen) atoms. The van der Waals surface area contributed by atoms with Crippen molar-refractivity contribution in [2.24, 2.45) is 0 Å². The molecule has 0 bridgehead atoms. The normalized spacial score (nSPS) is 14.3. The number of carbonyl (C=O) groups is 2. The van der Waals surface area contributed by atoms with Gasteiger partial charge >= 0.3 is 6.09 Å². The average Bonchev–Trinajstić information content (AvgIpc) is 2.41. The predicted octanol–water partition coefficient (Wildman–Crippen LogP) is 1.66. The minimum absolute atomic E-state index is 0.0778. The standard InChI is InChI=1S/C13H15N3O5/c1-8(17)9-3-4-11(12(5-9)16(19)20)14-10-6-15(7-10)13(18)21-2/h3-5,10,14H,6-7H2,1-2H3. The van der Waals surface area contributed by atoms with E-state index in [1.54, 1.807) is 0 Å². The Kier molecular flexibility index (Phi) is 4.06. The van der Waals surface area contributed by atoms with E-state index in [2.05, 4.69) is 10.1 Å².